The molecule has 0 aliphatic rings. The quantitative estimate of drug-likeness (QED) is 0.551. The molecule has 1 heteroatoms. The molecule has 0 rings (SSSR count). The Morgan fingerprint density at radius 2 is 1.50 bits per heavy atom. The van der Waals surface area contributed by atoms with E-state index in [2.05, 4.69) is 46.4 Å². The highest BCUT2D eigenvalue weighted by Gasteiger charge is 2.21. The zero-order chi connectivity index (χ0) is 11.0. The lowest BCUT2D eigenvalue weighted by molar-refractivity contribution is 0.324. The molecule has 0 radical (unpaired) electrons. The van der Waals surface area contributed by atoms with Gasteiger partial charge in [-0.25, -0.2) is 0 Å². The first kappa shape index (κ1) is 14.3. The monoisotopic (exact) mass is 216 g/mol. The summed E-state index contributed by atoms with van der Waals surface area (Å²) >= 11 is 2.19. The number of thioether (sulfide) groups is 1. The summed E-state index contributed by atoms with van der Waals surface area (Å²) in [4.78, 5) is 0. The van der Waals surface area contributed by atoms with Crippen LogP contribution in [-0.2, 0) is 0 Å². The Balaban J connectivity index is 4.06. The highest BCUT2D eigenvalue weighted by atomic mass is 32.2. The van der Waals surface area contributed by atoms with Crippen LogP contribution >= 0.6 is 11.8 Å². The predicted molar refractivity (Wildman–Crippen MR) is 70.1 cm³/mol. The van der Waals surface area contributed by atoms with Gasteiger partial charge in [0, 0.05) is 5.25 Å². The fraction of sp³-hybridized carbons (Fsp3) is 1.00. The molecule has 2 atom stereocenters. The van der Waals surface area contributed by atoms with Crippen LogP contribution in [-0.4, -0.2) is 11.0 Å². The van der Waals surface area contributed by atoms with E-state index in [1.165, 1.54) is 31.4 Å². The highest BCUT2D eigenvalue weighted by molar-refractivity contribution is 7.99. The van der Waals surface area contributed by atoms with E-state index in [0.29, 0.717) is 0 Å². The molecule has 0 amide bonds. The zero-order valence-electron chi connectivity index (χ0n) is 10.7. The second kappa shape index (κ2) is 8.64. The maximum absolute atomic E-state index is 2.45. The Morgan fingerprint density at radius 1 is 0.929 bits per heavy atom. The summed E-state index contributed by atoms with van der Waals surface area (Å²) < 4.78 is 0. The van der Waals surface area contributed by atoms with Crippen LogP contribution in [0.2, 0.25) is 0 Å². The Bertz CT molecular complexity index is 118. The van der Waals surface area contributed by atoms with E-state index in [-0.39, 0.29) is 0 Å². The summed E-state index contributed by atoms with van der Waals surface area (Å²) in [5, 5.41) is 0.889. The van der Waals surface area contributed by atoms with E-state index in [9.17, 15) is 0 Å². The Morgan fingerprint density at radius 3 is 1.86 bits per heavy atom. The minimum atomic E-state index is 0.889. The number of rotatable bonds is 8. The van der Waals surface area contributed by atoms with Gasteiger partial charge in [-0.2, -0.15) is 11.8 Å². The van der Waals surface area contributed by atoms with Crippen molar-refractivity contribution in [2.24, 2.45) is 11.8 Å². The van der Waals surface area contributed by atoms with Crippen molar-refractivity contribution in [3.05, 3.63) is 0 Å². The normalized spacial score (nSPS) is 15.9. The lowest BCUT2D eigenvalue weighted by Crippen LogP contribution is -2.22. The van der Waals surface area contributed by atoms with Crippen LogP contribution < -0.4 is 0 Å². The van der Waals surface area contributed by atoms with Crippen LogP contribution in [0.4, 0.5) is 0 Å². The van der Waals surface area contributed by atoms with E-state index in [1.807, 2.05) is 0 Å². The van der Waals surface area contributed by atoms with Gasteiger partial charge in [-0.3, -0.25) is 0 Å². The smallest absolute Gasteiger partial charge is 0.00727 e. The van der Waals surface area contributed by atoms with E-state index in [0.717, 1.165) is 17.1 Å². The minimum Gasteiger partial charge on any atom is -0.158 e. The van der Waals surface area contributed by atoms with E-state index >= 15 is 0 Å². The second-order valence-corrected chi connectivity index (χ2v) is 5.60. The molecular formula is C13H28S. The molecule has 0 spiro atoms. The molecule has 0 N–H and O–H groups in total. The summed E-state index contributed by atoms with van der Waals surface area (Å²) in [6.45, 7) is 11.7. The van der Waals surface area contributed by atoms with Crippen molar-refractivity contribution in [3.8, 4) is 0 Å². The van der Waals surface area contributed by atoms with Gasteiger partial charge in [-0.15, -0.1) is 0 Å². The van der Waals surface area contributed by atoms with Gasteiger partial charge in [0.25, 0.3) is 0 Å². The van der Waals surface area contributed by atoms with Crippen LogP contribution in [0.5, 0.6) is 0 Å². The van der Waals surface area contributed by atoms with Crippen molar-refractivity contribution in [1.29, 1.82) is 0 Å². The summed E-state index contributed by atoms with van der Waals surface area (Å²) in [6.07, 6.45) is 5.35. The van der Waals surface area contributed by atoms with Crippen LogP contribution in [0.3, 0.4) is 0 Å². The summed E-state index contributed by atoms with van der Waals surface area (Å²) in [7, 11) is 0. The van der Waals surface area contributed by atoms with E-state index < -0.39 is 0 Å². The lowest BCUT2D eigenvalue weighted by Gasteiger charge is -2.28. The molecule has 14 heavy (non-hydrogen) atoms. The van der Waals surface area contributed by atoms with E-state index in [1.54, 1.807) is 0 Å². The first-order chi connectivity index (χ1) is 6.71. The maximum Gasteiger partial charge on any atom is 0.00727 e. The Kier molecular flexibility index (Phi) is 8.86. The fourth-order valence-corrected chi connectivity index (χ4v) is 3.55. The minimum absolute atomic E-state index is 0.889. The summed E-state index contributed by atoms with van der Waals surface area (Å²) in [5.41, 5.74) is 0. The van der Waals surface area contributed by atoms with Gasteiger partial charge in [0.15, 0.2) is 0 Å². The van der Waals surface area contributed by atoms with Gasteiger partial charge < -0.3 is 0 Å². The molecule has 0 heterocycles. The topological polar surface area (TPSA) is 0 Å². The predicted octanol–water partition coefficient (Wildman–Crippen LogP) is 4.98. The Hall–Kier alpha value is 0.350. The Labute approximate surface area is 95.2 Å². The number of hydrogen-bond acceptors (Lipinski definition) is 1. The van der Waals surface area contributed by atoms with Gasteiger partial charge in [-0.1, -0.05) is 47.5 Å². The molecule has 2 unspecified atom stereocenters. The van der Waals surface area contributed by atoms with Gasteiger partial charge in [-0.05, 0) is 30.4 Å². The molecule has 0 bridgehead atoms. The average molecular weight is 216 g/mol. The SMILES string of the molecule is CCCSC(CC)C(C)C(CC)CC. The van der Waals surface area contributed by atoms with Gasteiger partial charge >= 0.3 is 0 Å². The van der Waals surface area contributed by atoms with Crippen LogP contribution in [0, 0.1) is 11.8 Å². The lowest BCUT2D eigenvalue weighted by atomic mass is 9.86. The average Bonchev–Trinajstić information content (AvgIpc) is 2.21. The highest BCUT2D eigenvalue weighted by Crippen LogP contribution is 2.31. The molecule has 0 fully saturated rings. The van der Waals surface area contributed by atoms with Crippen molar-refractivity contribution < 1.29 is 0 Å². The molecule has 0 aliphatic heterocycles. The zero-order valence-corrected chi connectivity index (χ0v) is 11.5. The third kappa shape index (κ3) is 4.72. The van der Waals surface area contributed by atoms with Gasteiger partial charge in [0.05, 0.1) is 0 Å². The van der Waals surface area contributed by atoms with Crippen molar-refractivity contribution in [2.75, 3.05) is 5.75 Å². The van der Waals surface area contributed by atoms with Crippen LogP contribution in [0.15, 0.2) is 0 Å². The van der Waals surface area contributed by atoms with Gasteiger partial charge in [0.1, 0.15) is 0 Å². The largest absolute Gasteiger partial charge is 0.158 e. The third-order valence-corrected chi connectivity index (χ3v) is 5.15. The molecule has 0 aliphatic carbocycles. The first-order valence-corrected chi connectivity index (χ1v) is 7.37. The maximum atomic E-state index is 2.45. The standard InChI is InChI=1S/C13H28S/c1-6-10-14-13(9-4)11(5)12(7-2)8-3/h11-13H,6-10H2,1-5H3. The van der Waals surface area contributed by atoms with Gasteiger partial charge in [0.2, 0.25) is 0 Å². The second-order valence-electron chi connectivity index (χ2n) is 4.25. The summed E-state index contributed by atoms with van der Waals surface area (Å²) in [6, 6.07) is 0. The van der Waals surface area contributed by atoms with Crippen molar-refractivity contribution in [3.63, 3.8) is 0 Å². The number of hydrogen-bond donors (Lipinski definition) is 0. The van der Waals surface area contributed by atoms with E-state index in [4.69, 9.17) is 0 Å². The fourth-order valence-electron chi connectivity index (χ4n) is 2.25. The molecule has 0 nitrogen and oxygen atoms in total. The van der Waals surface area contributed by atoms with Crippen LogP contribution in [0.25, 0.3) is 0 Å². The summed E-state index contributed by atoms with van der Waals surface area (Å²) in [5.74, 6) is 3.17. The molecule has 0 aromatic heterocycles. The third-order valence-electron chi connectivity index (χ3n) is 3.32. The molecule has 86 valence electrons. The van der Waals surface area contributed by atoms with Crippen molar-refractivity contribution in [1.82, 2.24) is 0 Å². The molecular weight excluding hydrogens is 188 g/mol. The molecule has 0 saturated carbocycles. The first-order valence-electron chi connectivity index (χ1n) is 6.32. The molecule has 0 aromatic rings. The van der Waals surface area contributed by atoms with Crippen molar-refractivity contribution >= 4 is 11.8 Å². The molecule has 0 aromatic carbocycles. The van der Waals surface area contributed by atoms with Crippen molar-refractivity contribution in [2.45, 2.75) is 65.6 Å². The van der Waals surface area contributed by atoms with Crippen LogP contribution in [0.1, 0.15) is 60.3 Å². The molecule has 0 saturated heterocycles.